The summed E-state index contributed by atoms with van der Waals surface area (Å²) in [5.74, 6) is 0.149. The van der Waals surface area contributed by atoms with E-state index in [2.05, 4.69) is 34.2 Å². The van der Waals surface area contributed by atoms with Gasteiger partial charge in [-0.1, -0.05) is 25.1 Å². The van der Waals surface area contributed by atoms with E-state index in [1.165, 1.54) is 11.6 Å². The molecular formula is C15H15N3O2. The predicted molar refractivity (Wildman–Crippen MR) is 75.3 cm³/mol. The quantitative estimate of drug-likeness (QED) is 0.907. The lowest BCUT2D eigenvalue weighted by atomic mass is 9.94. The molecule has 1 N–H and O–H groups in total. The van der Waals surface area contributed by atoms with Crippen molar-refractivity contribution in [3.8, 4) is 0 Å². The second-order valence-corrected chi connectivity index (χ2v) is 5.13. The second kappa shape index (κ2) is 4.92. The molecule has 0 saturated heterocycles. The zero-order valence-electron chi connectivity index (χ0n) is 11.2. The van der Waals surface area contributed by atoms with Gasteiger partial charge < -0.3 is 10.0 Å². The van der Waals surface area contributed by atoms with E-state index in [9.17, 15) is 4.79 Å². The second-order valence-electron chi connectivity index (χ2n) is 5.13. The molecule has 2 aromatic rings. The highest BCUT2D eigenvalue weighted by molar-refractivity contribution is 5.85. The number of nitrogens with zero attached hydrogens (tertiary/aromatic N) is 3. The normalized spacial score (nSPS) is 17.6. The predicted octanol–water partition coefficient (Wildman–Crippen LogP) is 2.51. The van der Waals surface area contributed by atoms with Crippen molar-refractivity contribution in [2.75, 3.05) is 11.4 Å². The van der Waals surface area contributed by atoms with Crippen LogP contribution in [0.4, 0.5) is 11.5 Å². The van der Waals surface area contributed by atoms with E-state index in [4.69, 9.17) is 5.11 Å². The van der Waals surface area contributed by atoms with E-state index in [1.807, 2.05) is 12.1 Å². The standard InChI is InChI=1S/C15H15N3O2/c1-10-8-11-4-2-3-5-13(11)18(9-10)14-7-6-12(15(19)20)16-17-14/h2-7,10H,8-9H2,1H3,(H,19,20). The largest absolute Gasteiger partial charge is 0.476 e. The average Bonchev–Trinajstić information content (AvgIpc) is 2.46. The molecule has 0 radical (unpaired) electrons. The molecule has 3 rings (SSSR count). The monoisotopic (exact) mass is 269 g/mol. The molecule has 2 heterocycles. The molecule has 1 aromatic heterocycles. The van der Waals surface area contributed by atoms with Crippen LogP contribution in [-0.4, -0.2) is 27.8 Å². The van der Waals surface area contributed by atoms with Gasteiger partial charge in [-0.15, -0.1) is 10.2 Å². The number of anilines is 2. The van der Waals surface area contributed by atoms with Crippen LogP contribution >= 0.6 is 0 Å². The Balaban J connectivity index is 1.99. The number of rotatable bonds is 2. The van der Waals surface area contributed by atoms with E-state index in [0.717, 1.165) is 18.7 Å². The molecular weight excluding hydrogens is 254 g/mol. The van der Waals surface area contributed by atoms with Crippen LogP contribution in [-0.2, 0) is 6.42 Å². The van der Waals surface area contributed by atoms with Crippen molar-refractivity contribution in [1.82, 2.24) is 10.2 Å². The van der Waals surface area contributed by atoms with Gasteiger partial charge in [0.1, 0.15) is 0 Å². The van der Waals surface area contributed by atoms with Crippen molar-refractivity contribution < 1.29 is 9.90 Å². The molecule has 1 aliphatic heterocycles. The van der Waals surface area contributed by atoms with Crippen LogP contribution in [0.1, 0.15) is 23.0 Å². The molecule has 0 fully saturated rings. The van der Waals surface area contributed by atoms with Gasteiger partial charge in [0.25, 0.3) is 0 Å². The highest BCUT2D eigenvalue weighted by Crippen LogP contribution is 2.33. The Morgan fingerprint density at radius 3 is 2.75 bits per heavy atom. The molecule has 0 aliphatic carbocycles. The molecule has 1 aliphatic rings. The number of benzene rings is 1. The molecule has 1 unspecified atom stereocenters. The summed E-state index contributed by atoms with van der Waals surface area (Å²) in [6.45, 7) is 3.06. The fourth-order valence-corrected chi connectivity index (χ4v) is 2.60. The molecule has 102 valence electrons. The number of carbonyl (C=O) groups is 1. The van der Waals surface area contributed by atoms with Crippen LogP contribution in [0.25, 0.3) is 0 Å². The maximum absolute atomic E-state index is 10.8. The van der Waals surface area contributed by atoms with Gasteiger partial charge in [-0.05, 0) is 36.1 Å². The summed E-state index contributed by atoms with van der Waals surface area (Å²) in [4.78, 5) is 12.9. The van der Waals surface area contributed by atoms with E-state index in [1.54, 1.807) is 6.07 Å². The maximum Gasteiger partial charge on any atom is 0.356 e. The van der Waals surface area contributed by atoms with E-state index in [0.29, 0.717) is 11.7 Å². The summed E-state index contributed by atoms with van der Waals surface area (Å²) in [5.41, 5.74) is 2.38. The minimum Gasteiger partial charge on any atom is -0.476 e. The highest BCUT2D eigenvalue weighted by atomic mass is 16.4. The van der Waals surface area contributed by atoms with Gasteiger partial charge in [0, 0.05) is 12.2 Å². The van der Waals surface area contributed by atoms with E-state index in [-0.39, 0.29) is 5.69 Å². The molecule has 0 amide bonds. The number of aromatic carboxylic acids is 1. The maximum atomic E-state index is 10.8. The Hall–Kier alpha value is -2.43. The number of fused-ring (bicyclic) bond motifs is 1. The Bertz CT molecular complexity index is 640. The summed E-state index contributed by atoms with van der Waals surface area (Å²) < 4.78 is 0. The molecule has 1 atom stereocenters. The fourth-order valence-electron chi connectivity index (χ4n) is 2.60. The lowest BCUT2D eigenvalue weighted by Gasteiger charge is -2.33. The minimum atomic E-state index is -1.06. The number of para-hydroxylation sites is 1. The van der Waals surface area contributed by atoms with Crippen LogP contribution in [0.15, 0.2) is 36.4 Å². The Morgan fingerprint density at radius 2 is 2.05 bits per heavy atom. The van der Waals surface area contributed by atoms with Crippen LogP contribution in [0.3, 0.4) is 0 Å². The third-order valence-corrected chi connectivity index (χ3v) is 3.49. The lowest BCUT2D eigenvalue weighted by Crippen LogP contribution is -2.31. The third kappa shape index (κ3) is 2.22. The number of carboxylic acid groups (broad SMARTS) is 1. The third-order valence-electron chi connectivity index (χ3n) is 3.49. The Labute approximate surface area is 116 Å². The van der Waals surface area contributed by atoms with Crippen molar-refractivity contribution in [3.63, 3.8) is 0 Å². The molecule has 5 heteroatoms. The van der Waals surface area contributed by atoms with Gasteiger partial charge in [-0.3, -0.25) is 0 Å². The van der Waals surface area contributed by atoms with E-state index < -0.39 is 5.97 Å². The lowest BCUT2D eigenvalue weighted by molar-refractivity contribution is 0.0689. The first-order valence-electron chi connectivity index (χ1n) is 6.57. The Morgan fingerprint density at radius 1 is 1.25 bits per heavy atom. The highest BCUT2D eigenvalue weighted by Gasteiger charge is 2.23. The number of carboxylic acids is 1. The minimum absolute atomic E-state index is 0.0351. The molecule has 5 nitrogen and oxygen atoms in total. The number of hydrogen-bond acceptors (Lipinski definition) is 4. The van der Waals surface area contributed by atoms with Crippen molar-refractivity contribution in [1.29, 1.82) is 0 Å². The number of aromatic nitrogens is 2. The molecule has 0 spiro atoms. The zero-order chi connectivity index (χ0) is 14.1. The summed E-state index contributed by atoms with van der Waals surface area (Å²) in [7, 11) is 0. The zero-order valence-corrected chi connectivity index (χ0v) is 11.2. The molecule has 0 saturated carbocycles. The van der Waals surface area contributed by atoms with Gasteiger partial charge in [-0.25, -0.2) is 4.79 Å². The van der Waals surface area contributed by atoms with Crippen molar-refractivity contribution >= 4 is 17.5 Å². The van der Waals surface area contributed by atoms with Gasteiger partial charge in [0.15, 0.2) is 11.5 Å². The average molecular weight is 269 g/mol. The summed E-state index contributed by atoms with van der Waals surface area (Å²) in [6, 6.07) is 11.4. The smallest absolute Gasteiger partial charge is 0.356 e. The fraction of sp³-hybridized carbons (Fsp3) is 0.267. The van der Waals surface area contributed by atoms with Crippen LogP contribution in [0.2, 0.25) is 0 Å². The van der Waals surface area contributed by atoms with Crippen LogP contribution < -0.4 is 4.90 Å². The first-order chi connectivity index (χ1) is 9.65. The van der Waals surface area contributed by atoms with Gasteiger partial charge in [-0.2, -0.15) is 0 Å². The first-order valence-corrected chi connectivity index (χ1v) is 6.57. The molecule has 20 heavy (non-hydrogen) atoms. The van der Waals surface area contributed by atoms with Crippen LogP contribution in [0.5, 0.6) is 0 Å². The first kappa shape index (κ1) is 12.6. The molecule has 1 aromatic carbocycles. The number of hydrogen-bond donors (Lipinski definition) is 1. The van der Waals surface area contributed by atoms with Crippen molar-refractivity contribution in [2.24, 2.45) is 5.92 Å². The van der Waals surface area contributed by atoms with Crippen molar-refractivity contribution in [2.45, 2.75) is 13.3 Å². The summed E-state index contributed by atoms with van der Waals surface area (Å²) in [5, 5.41) is 16.7. The Kier molecular flexibility index (Phi) is 3.10. The summed E-state index contributed by atoms with van der Waals surface area (Å²) in [6.07, 6.45) is 1.05. The van der Waals surface area contributed by atoms with Gasteiger partial charge in [0.2, 0.25) is 0 Å². The van der Waals surface area contributed by atoms with Gasteiger partial charge >= 0.3 is 5.97 Å². The van der Waals surface area contributed by atoms with Gasteiger partial charge in [0.05, 0.1) is 0 Å². The topological polar surface area (TPSA) is 66.3 Å². The van der Waals surface area contributed by atoms with Crippen LogP contribution in [0, 0.1) is 5.92 Å². The summed E-state index contributed by atoms with van der Waals surface area (Å²) >= 11 is 0. The van der Waals surface area contributed by atoms with Crippen molar-refractivity contribution in [3.05, 3.63) is 47.7 Å². The van der Waals surface area contributed by atoms with E-state index >= 15 is 0 Å². The SMILES string of the molecule is CC1Cc2ccccc2N(c2ccc(C(=O)O)nn2)C1. The molecule has 0 bridgehead atoms.